The van der Waals surface area contributed by atoms with Gasteiger partial charge in [-0.25, -0.2) is 5.43 Å². The van der Waals surface area contributed by atoms with Gasteiger partial charge in [-0.3, -0.25) is 10.2 Å². The monoisotopic (exact) mass is 250 g/mol. The number of methoxy groups -OCH3 is 1. The number of ether oxygens (including phenoxy) is 1. The molecule has 0 unspecified atom stereocenters. The van der Waals surface area contributed by atoms with Crippen LogP contribution in [0.2, 0.25) is 0 Å². The summed E-state index contributed by atoms with van der Waals surface area (Å²) in [4.78, 5) is 11.3. The molecule has 0 aromatic heterocycles. The van der Waals surface area contributed by atoms with Gasteiger partial charge in [0.15, 0.2) is 0 Å². The van der Waals surface area contributed by atoms with Crippen molar-refractivity contribution in [2.75, 3.05) is 14.2 Å². The second-order valence-corrected chi connectivity index (χ2v) is 4.41. The predicted octanol–water partition coefficient (Wildman–Crippen LogP) is 1.89. The molecule has 0 saturated carbocycles. The number of carbonyl (C=O) groups is 1. The van der Waals surface area contributed by atoms with Gasteiger partial charge in [-0.05, 0) is 49.4 Å². The molecular weight excluding hydrogens is 228 g/mol. The summed E-state index contributed by atoms with van der Waals surface area (Å²) >= 11 is 0. The molecule has 2 N–H and O–H groups in total. The van der Waals surface area contributed by atoms with Crippen molar-refractivity contribution in [2.24, 2.45) is 0 Å². The van der Waals surface area contributed by atoms with Crippen molar-refractivity contribution in [1.82, 2.24) is 10.9 Å². The normalized spacial score (nSPS) is 10.2. The van der Waals surface area contributed by atoms with Crippen LogP contribution in [0.4, 0.5) is 0 Å². The Bertz CT molecular complexity index is 417. The number of hydrogen-bond acceptors (Lipinski definition) is 3. The number of amides is 1. The minimum Gasteiger partial charge on any atom is -0.496 e. The third-order valence-electron chi connectivity index (χ3n) is 2.89. The average Bonchev–Trinajstić information content (AvgIpc) is 2.31. The second kappa shape index (κ2) is 7.01. The lowest BCUT2D eigenvalue weighted by molar-refractivity contribution is -0.122. The van der Waals surface area contributed by atoms with Gasteiger partial charge in [-0.15, -0.1) is 0 Å². The van der Waals surface area contributed by atoms with E-state index in [1.165, 1.54) is 16.7 Å². The number of hydrogen-bond donors (Lipinski definition) is 2. The van der Waals surface area contributed by atoms with Gasteiger partial charge >= 0.3 is 0 Å². The predicted molar refractivity (Wildman–Crippen MR) is 72.6 cm³/mol. The molecule has 1 aromatic rings. The maximum atomic E-state index is 11.3. The molecule has 0 atom stereocenters. The number of carbonyl (C=O) groups excluding carboxylic acids is 1. The largest absolute Gasteiger partial charge is 0.496 e. The lowest BCUT2D eigenvalue weighted by Crippen LogP contribution is -2.33. The molecule has 100 valence electrons. The van der Waals surface area contributed by atoms with Gasteiger partial charge in [-0.1, -0.05) is 6.07 Å². The summed E-state index contributed by atoms with van der Waals surface area (Å²) in [5.41, 5.74) is 8.81. The standard InChI is InChI=1S/C14H22N2O2/c1-10-8-11(2)12(13(9-10)18-4)6-5-7-14(17)16-15-3/h8-9,15H,5-7H2,1-4H3,(H,16,17). The zero-order valence-electron chi connectivity index (χ0n) is 11.6. The Kier molecular flexibility index (Phi) is 5.65. The summed E-state index contributed by atoms with van der Waals surface area (Å²) < 4.78 is 5.40. The molecule has 0 aliphatic carbocycles. The molecule has 0 fully saturated rings. The summed E-state index contributed by atoms with van der Waals surface area (Å²) in [5.74, 6) is 0.933. The zero-order valence-corrected chi connectivity index (χ0v) is 11.6. The van der Waals surface area contributed by atoms with Gasteiger partial charge in [-0.2, -0.15) is 0 Å². The van der Waals surface area contributed by atoms with Gasteiger partial charge in [0.25, 0.3) is 0 Å². The Hall–Kier alpha value is -1.55. The van der Waals surface area contributed by atoms with Crippen LogP contribution in [0.5, 0.6) is 5.75 Å². The third-order valence-corrected chi connectivity index (χ3v) is 2.89. The van der Waals surface area contributed by atoms with Crippen LogP contribution in [-0.4, -0.2) is 20.1 Å². The van der Waals surface area contributed by atoms with Crippen molar-refractivity contribution in [3.8, 4) is 5.75 Å². The molecule has 0 heterocycles. The van der Waals surface area contributed by atoms with Crippen LogP contribution < -0.4 is 15.6 Å². The van der Waals surface area contributed by atoms with Crippen LogP contribution in [0.3, 0.4) is 0 Å². The fraction of sp³-hybridized carbons (Fsp3) is 0.500. The van der Waals surface area contributed by atoms with Crippen LogP contribution in [0.15, 0.2) is 12.1 Å². The first-order valence-electron chi connectivity index (χ1n) is 6.18. The van der Waals surface area contributed by atoms with Crippen molar-refractivity contribution in [3.05, 3.63) is 28.8 Å². The second-order valence-electron chi connectivity index (χ2n) is 4.41. The molecule has 1 rings (SSSR count). The van der Waals surface area contributed by atoms with Crippen LogP contribution in [0.25, 0.3) is 0 Å². The van der Waals surface area contributed by atoms with Crippen molar-refractivity contribution in [1.29, 1.82) is 0 Å². The SMILES string of the molecule is CNNC(=O)CCCc1c(C)cc(C)cc1OC. The van der Waals surface area contributed by atoms with Gasteiger partial charge < -0.3 is 4.74 Å². The zero-order chi connectivity index (χ0) is 13.5. The van der Waals surface area contributed by atoms with Crippen molar-refractivity contribution in [2.45, 2.75) is 33.1 Å². The van der Waals surface area contributed by atoms with Crippen molar-refractivity contribution < 1.29 is 9.53 Å². The van der Waals surface area contributed by atoms with E-state index in [-0.39, 0.29) is 5.91 Å². The smallest absolute Gasteiger partial charge is 0.234 e. The van der Waals surface area contributed by atoms with Gasteiger partial charge in [0.2, 0.25) is 5.91 Å². The van der Waals surface area contributed by atoms with E-state index in [1.54, 1.807) is 14.2 Å². The number of nitrogens with one attached hydrogen (secondary N) is 2. The molecule has 0 spiro atoms. The number of hydrazine groups is 1. The first kappa shape index (κ1) is 14.5. The van der Waals surface area contributed by atoms with E-state index in [0.717, 1.165) is 18.6 Å². The lowest BCUT2D eigenvalue weighted by atomic mass is 9.99. The highest BCUT2D eigenvalue weighted by Gasteiger charge is 2.08. The Morgan fingerprint density at radius 1 is 1.33 bits per heavy atom. The summed E-state index contributed by atoms with van der Waals surface area (Å²) in [6.45, 7) is 4.14. The molecule has 4 nitrogen and oxygen atoms in total. The Morgan fingerprint density at radius 3 is 2.67 bits per heavy atom. The van der Waals surface area contributed by atoms with E-state index in [1.807, 2.05) is 6.07 Å². The molecule has 1 amide bonds. The quantitative estimate of drug-likeness (QED) is 0.758. The highest BCUT2D eigenvalue weighted by atomic mass is 16.5. The van der Waals surface area contributed by atoms with Gasteiger partial charge in [0, 0.05) is 13.5 Å². The minimum absolute atomic E-state index is 0.0150. The van der Waals surface area contributed by atoms with Gasteiger partial charge in [0.05, 0.1) is 7.11 Å². The fourth-order valence-corrected chi connectivity index (χ4v) is 2.09. The Balaban J connectivity index is 2.64. The molecule has 1 aromatic carbocycles. The molecule has 18 heavy (non-hydrogen) atoms. The Morgan fingerprint density at radius 2 is 2.06 bits per heavy atom. The molecule has 0 bridgehead atoms. The Labute approximate surface area is 109 Å². The van der Waals surface area contributed by atoms with E-state index >= 15 is 0 Å². The van der Waals surface area contributed by atoms with E-state index in [0.29, 0.717) is 6.42 Å². The van der Waals surface area contributed by atoms with Crippen molar-refractivity contribution >= 4 is 5.91 Å². The van der Waals surface area contributed by atoms with E-state index < -0.39 is 0 Å². The minimum atomic E-state index is 0.0150. The lowest BCUT2D eigenvalue weighted by Gasteiger charge is -2.13. The summed E-state index contributed by atoms with van der Waals surface area (Å²) in [6.07, 6.45) is 2.18. The summed E-state index contributed by atoms with van der Waals surface area (Å²) in [7, 11) is 3.37. The highest BCUT2D eigenvalue weighted by Crippen LogP contribution is 2.25. The molecular formula is C14H22N2O2. The van der Waals surface area contributed by atoms with E-state index in [9.17, 15) is 4.79 Å². The first-order chi connectivity index (χ1) is 8.58. The topological polar surface area (TPSA) is 50.4 Å². The fourth-order valence-electron chi connectivity index (χ4n) is 2.09. The van der Waals surface area contributed by atoms with E-state index in [2.05, 4.69) is 30.8 Å². The van der Waals surface area contributed by atoms with Gasteiger partial charge in [0.1, 0.15) is 5.75 Å². The maximum Gasteiger partial charge on any atom is 0.234 e. The number of rotatable bonds is 6. The van der Waals surface area contributed by atoms with Crippen LogP contribution >= 0.6 is 0 Å². The average molecular weight is 250 g/mol. The maximum absolute atomic E-state index is 11.3. The summed E-state index contributed by atoms with van der Waals surface area (Å²) in [6, 6.07) is 4.18. The number of aryl methyl sites for hydroxylation is 2. The molecule has 0 radical (unpaired) electrons. The van der Waals surface area contributed by atoms with E-state index in [4.69, 9.17) is 4.74 Å². The van der Waals surface area contributed by atoms with Crippen LogP contribution in [-0.2, 0) is 11.2 Å². The molecule has 0 aliphatic rings. The molecule has 0 saturated heterocycles. The third kappa shape index (κ3) is 4.04. The highest BCUT2D eigenvalue weighted by molar-refractivity contribution is 5.75. The molecule has 4 heteroatoms. The number of benzene rings is 1. The molecule has 0 aliphatic heterocycles. The van der Waals surface area contributed by atoms with Crippen LogP contribution in [0.1, 0.15) is 29.5 Å². The summed E-state index contributed by atoms with van der Waals surface area (Å²) in [5, 5.41) is 0. The van der Waals surface area contributed by atoms with Crippen LogP contribution in [0, 0.1) is 13.8 Å². The van der Waals surface area contributed by atoms with Crippen molar-refractivity contribution in [3.63, 3.8) is 0 Å². The first-order valence-corrected chi connectivity index (χ1v) is 6.18.